The Balaban J connectivity index is 1.97. The Morgan fingerprint density at radius 2 is 1.78 bits per heavy atom. The van der Waals surface area contributed by atoms with E-state index in [1.165, 1.54) is 12.1 Å². The number of alkyl halides is 3. The summed E-state index contributed by atoms with van der Waals surface area (Å²) in [4.78, 5) is 11.7. The Morgan fingerprint density at radius 1 is 1.07 bits per heavy atom. The van der Waals surface area contributed by atoms with Gasteiger partial charge in [0.25, 0.3) is 0 Å². The van der Waals surface area contributed by atoms with E-state index in [1.54, 1.807) is 0 Å². The van der Waals surface area contributed by atoms with Gasteiger partial charge in [0, 0.05) is 18.5 Å². The molecule has 0 aromatic carbocycles. The van der Waals surface area contributed by atoms with Crippen molar-refractivity contribution in [1.29, 1.82) is 0 Å². The number of sulfone groups is 1. The van der Waals surface area contributed by atoms with E-state index in [0.717, 1.165) is 50.6 Å². The fraction of sp³-hybridized carbons (Fsp3) is 0.471. The molecule has 1 saturated carbocycles. The van der Waals surface area contributed by atoms with E-state index in [4.69, 9.17) is 0 Å². The first-order valence-corrected chi connectivity index (χ1v) is 10.4. The molecule has 2 aromatic rings. The van der Waals surface area contributed by atoms with Gasteiger partial charge in [-0.25, -0.2) is 18.4 Å². The van der Waals surface area contributed by atoms with E-state index in [0.29, 0.717) is 0 Å². The van der Waals surface area contributed by atoms with Gasteiger partial charge in [-0.1, -0.05) is 19.3 Å². The molecular weight excluding hydrogens is 381 g/mol. The standard InChI is InChI=1S/C17H19F3N4O2S/c1-27(25,26)12-7-8-13(21-10-12)14-9-15(17(18,19)20)24-16(23-14)22-11-5-3-2-4-6-11/h7-11H,2-6H2,1H3,(H,22,23,24). The second-order valence-electron chi connectivity index (χ2n) is 6.59. The summed E-state index contributed by atoms with van der Waals surface area (Å²) in [5.74, 6) is -0.0966. The molecule has 6 nitrogen and oxygen atoms in total. The van der Waals surface area contributed by atoms with Gasteiger partial charge in [-0.15, -0.1) is 0 Å². The molecule has 0 aliphatic heterocycles. The van der Waals surface area contributed by atoms with E-state index >= 15 is 0 Å². The molecule has 0 spiro atoms. The van der Waals surface area contributed by atoms with Crippen LogP contribution in [0.2, 0.25) is 0 Å². The second kappa shape index (κ2) is 7.41. The van der Waals surface area contributed by atoms with Crippen molar-refractivity contribution in [3.63, 3.8) is 0 Å². The quantitative estimate of drug-likeness (QED) is 0.842. The third-order valence-corrected chi connectivity index (χ3v) is 5.48. The Morgan fingerprint density at radius 3 is 2.33 bits per heavy atom. The molecule has 2 aromatic heterocycles. The molecule has 1 aliphatic carbocycles. The molecule has 0 bridgehead atoms. The van der Waals surface area contributed by atoms with Crippen LogP contribution in [0.5, 0.6) is 0 Å². The zero-order valence-electron chi connectivity index (χ0n) is 14.6. The highest BCUT2D eigenvalue weighted by Gasteiger charge is 2.34. The monoisotopic (exact) mass is 400 g/mol. The minimum atomic E-state index is -4.63. The largest absolute Gasteiger partial charge is 0.433 e. The zero-order valence-corrected chi connectivity index (χ0v) is 15.4. The molecule has 0 radical (unpaired) electrons. The lowest BCUT2D eigenvalue weighted by Gasteiger charge is -2.23. The molecule has 1 N–H and O–H groups in total. The van der Waals surface area contributed by atoms with Crippen molar-refractivity contribution in [1.82, 2.24) is 15.0 Å². The summed E-state index contributed by atoms with van der Waals surface area (Å²) in [5, 5.41) is 2.99. The number of anilines is 1. The van der Waals surface area contributed by atoms with Crippen LogP contribution >= 0.6 is 0 Å². The van der Waals surface area contributed by atoms with Gasteiger partial charge in [0.15, 0.2) is 15.5 Å². The average molecular weight is 400 g/mol. The van der Waals surface area contributed by atoms with Crippen molar-refractivity contribution in [2.24, 2.45) is 0 Å². The van der Waals surface area contributed by atoms with Gasteiger partial charge in [-0.3, -0.25) is 4.98 Å². The van der Waals surface area contributed by atoms with Gasteiger partial charge >= 0.3 is 6.18 Å². The van der Waals surface area contributed by atoms with E-state index in [1.807, 2.05) is 0 Å². The molecule has 27 heavy (non-hydrogen) atoms. The minimum Gasteiger partial charge on any atom is -0.351 e. The number of pyridine rings is 1. The van der Waals surface area contributed by atoms with E-state index in [2.05, 4.69) is 20.3 Å². The smallest absolute Gasteiger partial charge is 0.351 e. The molecule has 0 unspecified atom stereocenters. The zero-order chi connectivity index (χ0) is 19.7. The van der Waals surface area contributed by atoms with Gasteiger partial charge in [-0.2, -0.15) is 13.2 Å². The number of hydrogen-bond acceptors (Lipinski definition) is 6. The van der Waals surface area contributed by atoms with Gasteiger partial charge in [0.1, 0.15) is 0 Å². The predicted molar refractivity (Wildman–Crippen MR) is 93.9 cm³/mol. The molecular formula is C17H19F3N4O2S. The van der Waals surface area contributed by atoms with Crippen molar-refractivity contribution >= 4 is 15.8 Å². The number of nitrogens with one attached hydrogen (secondary N) is 1. The summed E-state index contributed by atoms with van der Waals surface area (Å²) in [6, 6.07) is 3.48. The first-order chi connectivity index (χ1) is 12.6. The SMILES string of the molecule is CS(=O)(=O)c1ccc(-c2cc(C(F)(F)F)nc(NC3CCCCC3)n2)nc1. The molecule has 0 amide bonds. The van der Waals surface area contributed by atoms with Crippen LogP contribution in [-0.2, 0) is 16.0 Å². The molecule has 3 rings (SSSR count). The molecule has 146 valence electrons. The maximum absolute atomic E-state index is 13.2. The average Bonchev–Trinajstić information content (AvgIpc) is 2.61. The molecule has 10 heteroatoms. The lowest BCUT2D eigenvalue weighted by Crippen LogP contribution is -2.24. The molecule has 1 aliphatic rings. The first-order valence-electron chi connectivity index (χ1n) is 8.52. The van der Waals surface area contributed by atoms with Gasteiger partial charge in [0.05, 0.1) is 16.3 Å². The van der Waals surface area contributed by atoms with Crippen molar-refractivity contribution < 1.29 is 21.6 Å². The summed E-state index contributed by atoms with van der Waals surface area (Å²) >= 11 is 0. The molecule has 0 atom stereocenters. The minimum absolute atomic E-state index is 0.0168. The first kappa shape index (κ1) is 19.5. The number of halogens is 3. The fourth-order valence-electron chi connectivity index (χ4n) is 2.97. The van der Waals surface area contributed by atoms with Crippen LogP contribution in [0.1, 0.15) is 37.8 Å². The van der Waals surface area contributed by atoms with Crippen LogP contribution in [0, 0.1) is 0 Å². The van der Waals surface area contributed by atoms with Crippen LogP contribution in [0.3, 0.4) is 0 Å². The van der Waals surface area contributed by atoms with Gasteiger partial charge in [0.2, 0.25) is 5.95 Å². The highest BCUT2D eigenvalue weighted by molar-refractivity contribution is 7.90. The van der Waals surface area contributed by atoms with Crippen molar-refractivity contribution in [2.75, 3.05) is 11.6 Å². The summed E-state index contributed by atoms with van der Waals surface area (Å²) in [6.07, 6.45) is 2.36. The summed E-state index contributed by atoms with van der Waals surface area (Å²) in [7, 11) is -3.45. The number of hydrogen-bond donors (Lipinski definition) is 1. The summed E-state index contributed by atoms with van der Waals surface area (Å²) < 4.78 is 62.8. The number of rotatable bonds is 4. The topological polar surface area (TPSA) is 84.8 Å². The molecule has 0 saturated heterocycles. The van der Waals surface area contributed by atoms with E-state index in [9.17, 15) is 21.6 Å². The fourth-order valence-corrected chi connectivity index (χ4v) is 3.53. The number of aromatic nitrogens is 3. The molecule has 2 heterocycles. The third kappa shape index (κ3) is 4.94. The Kier molecular flexibility index (Phi) is 5.36. The van der Waals surface area contributed by atoms with Crippen LogP contribution in [-0.4, -0.2) is 35.7 Å². The summed E-state index contributed by atoms with van der Waals surface area (Å²) in [6.45, 7) is 0. The molecule has 1 fully saturated rings. The highest BCUT2D eigenvalue weighted by Crippen LogP contribution is 2.31. The van der Waals surface area contributed by atoms with Crippen LogP contribution in [0.25, 0.3) is 11.4 Å². The van der Waals surface area contributed by atoms with Crippen molar-refractivity contribution in [3.8, 4) is 11.4 Å². The van der Waals surface area contributed by atoms with Crippen LogP contribution in [0.4, 0.5) is 19.1 Å². The lowest BCUT2D eigenvalue weighted by atomic mass is 9.96. The Hall–Kier alpha value is -2.23. The van der Waals surface area contributed by atoms with E-state index in [-0.39, 0.29) is 28.3 Å². The lowest BCUT2D eigenvalue weighted by molar-refractivity contribution is -0.141. The van der Waals surface area contributed by atoms with Gasteiger partial charge in [-0.05, 0) is 31.0 Å². The van der Waals surface area contributed by atoms with Crippen molar-refractivity contribution in [2.45, 2.75) is 49.2 Å². The van der Waals surface area contributed by atoms with E-state index < -0.39 is 21.7 Å². The maximum atomic E-state index is 13.2. The maximum Gasteiger partial charge on any atom is 0.433 e. The summed E-state index contributed by atoms with van der Waals surface area (Å²) in [5.41, 5.74) is -0.947. The highest BCUT2D eigenvalue weighted by atomic mass is 32.2. The Bertz CT molecular complexity index is 909. The van der Waals surface area contributed by atoms with Crippen molar-refractivity contribution in [3.05, 3.63) is 30.1 Å². The predicted octanol–water partition coefficient (Wildman–Crippen LogP) is 3.71. The van der Waals surface area contributed by atoms with Crippen LogP contribution < -0.4 is 5.32 Å². The van der Waals surface area contributed by atoms with Crippen LogP contribution in [0.15, 0.2) is 29.3 Å². The second-order valence-corrected chi connectivity index (χ2v) is 8.61. The third-order valence-electron chi connectivity index (χ3n) is 4.38. The number of nitrogens with zero attached hydrogens (tertiary/aromatic N) is 3. The Labute approximate surface area is 155 Å². The normalized spacial score (nSPS) is 16.3. The van der Waals surface area contributed by atoms with Gasteiger partial charge < -0.3 is 5.32 Å².